The van der Waals surface area contributed by atoms with Gasteiger partial charge in [0, 0.05) is 5.69 Å². The SMILES string of the molecule is CC[C@@H](NC(=S)Nc1cc(C)cc(C)c1)c1ccc(C)cc1C. The quantitative estimate of drug-likeness (QED) is 0.740. The van der Waals surface area contributed by atoms with Crippen LogP contribution in [0.2, 0.25) is 0 Å². The van der Waals surface area contributed by atoms with Gasteiger partial charge in [-0.05, 0) is 80.7 Å². The van der Waals surface area contributed by atoms with Crippen LogP contribution in [-0.4, -0.2) is 5.11 Å². The van der Waals surface area contributed by atoms with Crippen LogP contribution in [0.3, 0.4) is 0 Å². The van der Waals surface area contributed by atoms with Gasteiger partial charge in [0.15, 0.2) is 5.11 Å². The molecule has 0 aromatic heterocycles. The van der Waals surface area contributed by atoms with Crippen LogP contribution < -0.4 is 10.6 Å². The summed E-state index contributed by atoms with van der Waals surface area (Å²) in [6.07, 6.45) is 0.985. The summed E-state index contributed by atoms with van der Waals surface area (Å²) in [6, 6.07) is 13.2. The van der Waals surface area contributed by atoms with Gasteiger partial charge < -0.3 is 10.6 Å². The van der Waals surface area contributed by atoms with Crippen LogP contribution in [0.4, 0.5) is 5.69 Å². The Labute approximate surface area is 145 Å². The summed E-state index contributed by atoms with van der Waals surface area (Å²) in [7, 11) is 0. The number of aryl methyl sites for hydroxylation is 4. The second-order valence-corrected chi connectivity index (χ2v) is 6.70. The topological polar surface area (TPSA) is 24.1 Å². The fourth-order valence-electron chi connectivity index (χ4n) is 2.99. The molecule has 0 spiro atoms. The van der Waals surface area contributed by atoms with Gasteiger partial charge in [-0.2, -0.15) is 0 Å². The van der Waals surface area contributed by atoms with Crippen molar-refractivity contribution in [2.75, 3.05) is 5.32 Å². The predicted octanol–water partition coefficient (Wildman–Crippen LogP) is 5.36. The van der Waals surface area contributed by atoms with Crippen LogP contribution in [0.25, 0.3) is 0 Å². The maximum Gasteiger partial charge on any atom is 0.171 e. The Morgan fingerprint density at radius 2 is 1.61 bits per heavy atom. The van der Waals surface area contributed by atoms with Gasteiger partial charge in [0.2, 0.25) is 0 Å². The first-order valence-electron chi connectivity index (χ1n) is 8.12. The number of anilines is 1. The van der Waals surface area contributed by atoms with Crippen LogP contribution in [0, 0.1) is 27.7 Å². The van der Waals surface area contributed by atoms with E-state index in [1.54, 1.807) is 0 Å². The molecule has 1 atom stereocenters. The lowest BCUT2D eigenvalue weighted by atomic mass is 9.98. The molecule has 0 amide bonds. The summed E-state index contributed by atoms with van der Waals surface area (Å²) in [5, 5.41) is 7.43. The third-order valence-electron chi connectivity index (χ3n) is 3.99. The van der Waals surface area contributed by atoms with Crippen molar-refractivity contribution in [2.24, 2.45) is 0 Å². The molecule has 0 radical (unpaired) electrons. The molecule has 0 unspecified atom stereocenters. The highest BCUT2D eigenvalue weighted by atomic mass is 32.1. The molecule has 0 aliphatic rings. The van der Waals surface area contributed by atoms with E-state index >= 15 is 0 Å². The molecule has 23 heavy (non-hydrogen) atoms. The number of nitrogens with one attached hydrogen (secondary N) is 2. The molecule has 0 heterocycles. The van der Waals surface area contributed by atoms with E-state index in [9.17, 15) is 0 Å². The fraction of sp³-hybridized carbons (Fsp3) is 0.350. The van der Waals surface area contributed by atoms with Gasteiger partial charge in [-0.15, -0.1) is 0 Å². The molecule has 0 fully saturated rings. The monoisotopic (exact) mass is 326 g/mol. The minimum absolute atomic E-state index is 0.224. The molecule has 2 rings (SSSR count). The van der Waals surface area contributed by atoms with Crippen LogP contribution in [-0.2, 0) is 0 Å². The normalized spacial score (nSPS) is 11.9. The minimum Gasteiger partial charge on any atom is -0.356 e. The van der Waals surface area contributed by atoms with Crippen molar-refractivity contribution in [2.45, 2.75) is 47.1 Å². The second kappa shape index (κ2) is 7.60. The summed E-state index contributed by atoms with van der Waals surface area (Å²) < 4.78 is 0. The Hall–Kier alpha value is -1.87. The number of benzene rings is 2. The van der Waals surface area contributed by atoms with Crippen molar-refractivity contribution in [3.8, 4) is 0 Å². The highest BCUT2D eigenvalue weighted by Crippen LogP contribution is 2.22. The van der Waals surface area contributed by atoms with Crippen molar-refractivity contribution in [3.05, 3.63) is 64.2 Å². The number of hydrogen-bond donors (Lipinski definition) is 2. The van der Waals surface area contributed by atoms with E-state index in [0.717, 1.165) is 12.1 Å². The van der Waals surface area contributed by atoms with Gasteiger partial charge in [0.25, 0.3) is 0 Å². The Morgan fingerprint density at radius 3 is 2.17 bits per heavy atom. The van der Waals surface area contributed by atoms with E-state index < -0.39 is 0 Å². The lowest BCUT2D eigenvalue weighted by molar-refractivity contribution is 0.625. The van der Waals surface area contributed by atoms with E-state index in [2.05, 4.69) is 81.7 Å². The summed E-state index contributed by atoms with van der Waals surface area (Å²) >= 11 is 5.51. The Morgan fingerprint density at radius 1 is 0.957 bits per heavy atom. The molecule has 3 heteroatoms. The highest BCUT2D eigenvalue weighted by molar-refractivity contribution is 7.80. The summed E-state index contributed by atoms with van der Waals surface area (Å²) in [5.41, 5.74) is 7.40. The van der Waals surface area contributed by atoms with E-state index in [1.807, 2.05) is 0 Å². The number of thiocarbonyl (C=S) groups is 1. The van der Waals surface area contributed by atoms with E-state index in [4.69, 9.17) is 12.2 Å². The van der Waals surface area contributed by atoms with Crippen LogP contribution in [0.15, 0.2) is 36.4 Å². The van der Waals surface area contributed by atoms with Crippen LogP contribution in [0.5, 0.6) is 0 Å². The highest BCUT2D eigenvalue weighted by Gasteiger charge is 2.13. The molecular formula is C20H26N2S. The Bertz CT molecular complexity index is 687. The smallest absolute Gasteiger partial charge is 0.171 e. The Balaban J connectivity index is 2.10. The lowest BCUT2D eigenvalue weighted by Crippen LogP contribution is -2.32. The molecule has 0 bridgehead atoms. The number of rotatable bonds is 4. The van der Waals surface area contributed by atoms with Gasteiger partial charge in [0.1, 0.15) is 0 Å². The average Bonchev–Trinajstić information content (AvgIpc) is 2.44. The van der Waals surface area contributed by atoms with Crippen molar-refractivity contribution < 1.29 is 0 Å². The molecule has 0 saturated carbocycles. The predicted molar refractivity (Wildman–Crippen MR) is 104 cm³/mol. The van der Waals surface area contributed by atoms with Gasteiger partial charge in [-0.1, -0.05) is 36.8 Å². The number of hydrogen-bond acceptors (Lipinski definition) is 1. The summed E-state index contributed by atoms with van der Waals surface area (Å²) in [6.45, 7) is 10.7. The van der Waals surface area contributed by atoms with Crippen molar-refractivity contribution in [1.29, 1.82) is 0 Å². The fourth-order valence-corrected chi connectivity index (χ4v) is 3.25. The lowest BCUT2D eigenvalue weighted by Gasteiger charge is -2.22. The molecule has 2 N–H and O–H groups in total. The average molecular weight is 327 g/mol. The van der Waals surface area contributed by atoms with E-state index in [-0.39, 0.29) is 6.04 Å². The summed E-state index contributed by atoms with van der Waals surface area (Å²) in [4.78, 5) is 0. The molecule has 0 aliphatic carbocycles. The molecule has 0 saturated heterocycles. The largest absolute Gasteiger partial charge is 0.356 e. The molecule has 2 aromatic rings. The minimum atomic E-state index is 0.224. The molecule has 2 nitrogen and oxygen atoms in total. The third kappa shape index (κ3) is 4.80. The van der Waals surface area contributed by atoms with Crippen molar-refractivity contribution >= 4 is 23.0 Å². The third-order valence-corrected chi connectivity index (χ3v) is 4.21. The maximum absolute atomic E-state index is 5.51. The van der Waals surface area contributed by atoms with Gasteiger partial charge >= 0.3 is 0 Å². The van der Waals surface area contributed by atoms with E-state index in [0.29, 0.717) is 5.11 Å². The Kier molecular flexibility index (Phi) is 5.78. The van der Waals surface area contributed by atoms with E-state index in [1.165, 1.54) is 27.8 Å². The van der Waals surface area contributed by atoms with Gasteiger partial charge in [0.05, 0.1) is 6.04 Å². The van der Waals surface area contributed by atoms with Crippen molar-refractivity contribution in [3.63, 3.8) is 0 Å². The molecular weight excluding hydrogens is 300 g/mol. The maximum atomic E-state index is 5.51. The second-order valence-electron chi connectivity index (χ2n) is 6.30. The first-order chi connectivity index (χ1) is 10.9. The van der Waals surface area contributed by atoms with Gasteiger partial charge in [-0.3, -0.25) is 0 Å². The first-order valence-corrected chi connectivity index (χ1v) is 8.53. The summed E-state index contributed by atoms with van der Waals surface area (Å²) in [5.74, 6) is 0. The molecule has 2 aromatic carbocycles. The molecule has 0 aliphatic heterocycles. The zero-order valence-corrected chi connectivity index (χ0v) is 15.5. The van der Waals surface area contributed by atoms with Crippen LogP contribution >= 0.6 is 12.2 Å². The standard InChI is InChI=1S/C20H26N2S/c1-6-19(18-8-7-13(2)10-16(18)5)22-20(23)21-17-11-14(3)9-15(4)12-17/h7-12,19H,6H2,1-5H3,(H2,21,22,23)/t19-/m1/s1. The zero-order valence-electron chi connectivity index (χ0n) is 14.7. The van der Waals surface area contributed by atoms with Crippen molar-refractivity contribution in [1.82, 2.24) is 5.32 Å². The molecule has 122 valence electrons. The van der Waals surface area contributed by atoms with Gasteiger partial charge in [-0.25, -0.2) is 0 Å². The zero-order chi connectivity index (χ0) is 17.0. The van der Waals surface area contributed by atoms with Crippen LogP contribution in [0.1, 0.15) is 47.2 Å². The first kappa shape index (κ1) is 17.5.